The number of likely N-dealkylation sites (tertiary alicyclic amines) is 1. The molecule has 1 aromatic carbocycles. The molecule has 3 unspecified atom stereocenters. The zero-order chi connectivity index (χ0) is 16.3. The van der Waals surface area contributed by atoms with E-state index in [1.54, 1.807) is 24.3 Å². The number of benzene rings is 1. The van der Waals surface area contributed by atoms with Crippen molar-refractivity contribution < 1.29 is 9.90 Å². The highest BCUT2D eigenvalue weighted by molar-refractivity contribution is 6.30. The maximum Gasteiger partial charge on any atom is 0.225 e. The van der Waals surface area contributed by atoms with E-state index in [0.717, 1.165) is 25.1 Å². The van der Waals surface area contributed by atoms with Crippen LogP contribution in [-0.2, 0) is 4.79 Å². The maximum absolute atomic E-state index is 12.4. The Morgan fingerprint density at radius 3 is 2.68 bits per heavy atom. The molecule has 3 atom stereocenters. The highest BCUT2D eigenvalue weighted by Crippen LogP contribution is 2.24. The smallest absolute Gasteiger partial charge is 0.225 e. The topological polar surface area (TPSA) is 43.8 Å². The molecule has 0 spiro atoms. The summed E-state index contributed by atoms with van der Waals surface area (Å²) in [6, 6.07) is 7.23. The number of carbonyl (C=O) groups excluding carboxylic acids is 1. The van der Waals surface area contributed by atoms with Crippen molar-refractivity contribution in [3.05, 3.63) is 34.9 Å². The van der Waals surface area contributed by atoms with Crippen LogP contribution in [0.3, 0.4) is 0 Å². The second-order valence-corrected chi connectivity index (χ2v) is 6.81. The van der Waals surface area contributed by atoms with Crippen LogP contribution in [0.4, 0.5) is 0 Å². The van der Waals surface area contributed by atoms with Crippen LogP contribution >= 0.6 is 11.6 Å². The second-order valence-electron chi connectivity index (χ2n) is 6.37. The molecule has 1 fully saturated rings. The monoisotopic (exact) mass is 324 g/mol. The molecule has 1 amide bonds. The Morgan fingerprint density at radius 2 is 2.09 bits per heavy atom. The van der Waals surface area contributed by atoms with Gasteiger partial charge >= 0.3 is 0 Å². The summed E-state index contributed by atoms with van der Waals surface area (Å²) < 4.78 is 0. The predicted octanol–water partition coefficient (Wildman–Crippen LogP) is 2.56. The summed E-state index contributed by atoms with van der Waals surface area (Å²) in [5.41, 5.74) is 0.725. The van der Waals surface area contributed by atoms with Gasteiger partial charge in [-0.15, -0.1) is 0 Å². The molecule has 1 aliphatic heterocycles. The lowest BCUT2D eigenvalue weighted by Gasteiger charge is -2.40. The Kier molecular flexibility index (Phi) is 5.84. The van der Waals surface area contributed by atoms with E-state index in [1.807, 2.05) is 11.9 Å². The summed E-state index contributed by atoms with van der Waals surface area (Å²) in [6.07, 6.45) is 0.308. The van der Waals surface area contributed by atoms with Crippen LogP contribution in [0.1, 0.15) is 31.4 Å². The molecule has 0 bridgehead atoms. The van der Waals surface area contributed by atoms with E-state index in [0.29, 0.717) is 10.9 Å². The summed E-state index contributed by atoms with van der Waals surface area (Å²) >= 11 is 5.84. The molecule has 5 heteroatoms. The quantitative estimate of drug-likeness (QED) is 0.925. The normalized spacial score (nSPS) is 24.0. The van der Waals surface area contributed by atoms with Crippen molar-refractivity contribution in [3.63, 3.8) is 0 Å². The van der Waals surface area contributed by atoms with Crippen molar-refractivity contribution in [3.8, 4) is 0 Å². The lowest BCUT2D eigenvalue weighted by atomic mass is 9.92. The van der Waals surface area contributed by atoms with Crippen molar-refractivity contribution in [2.45, 2.75) is 31.9 Å². The molecule has 22 heavy (non-hydrogen) atoms. The molecule has 0 radical (unpaired) electrons. The number of halogens is 1. The van der Waals surface area contributed by atoms with Gasteiger partial charge in [-0.2, -0.15) is 0 Å². The molecule has 0 aliphatic carbocycles. The summed E-state index contributed by atoms with van der Waals surface area (Å²) in [6.45, 7) is 4.19. The standard InChI is InChI=1S/C17H25ClN2O2/c1-12-11-19(2)9-8-15(12)20(3)17(22)10-16(21)13-4-6-14(18)7-5-13/h4-7,12,15-16,21H,8-11H2,1-3H3. The first-order valence-corrected chi connectivity index (χ1v) is 8.14. The number of aliphatic hydroxyl groups is 1. The molecule has 0 saturated carbocycles. The van der Waals surface area contributed by atoms with Gasteiger partial charge in [-0.1, -0.05) is 30.7 Å². The molecule has 1 heterocycles. The van der Waals surface area contributed by atoms with E-state index >= 15 is 0 Å². The lowest BCUT2D eigenvalue weighted by molar-refractivity contribution is -0.136. The van der Waals surface area contributed by atoms with Crippen molar-refractivity contribution >= 4 is 17.5 Å². The van der Waals surface area contributed by atoms with Gasteiger partial charge in [-0.3, -0.25) is 4.79 Å². The number of carbonyl (C=O) groups is 1. The van der Waals surface area contributed by atoms with Crippen LogP contribution in [0.15, 0.2) is 24.3 Å². The van der Waals surface area contributed by atoms with Gasteiger partial charge in [0.1, 0.15) is 0 Å². The number of piperidine rings is 1. The van der Waals surface area contributed by atoms with Gasteiger partial charge < -0.3 is 14.9 Å². The van der Waals surface area contributed by atoms with Crippen molar-refractivity contribution in [1.29, 1.82) is 0 Å². The second kappa shape index (κ2) is 7.44. The Balaban J connectivity index is 1.94. The van der Waals surface area contributed by atoms with Crippen LogP contribution in [0, 0.1) is 5.92 Å². The van der Waals surface area contributed by atoms with Gasteiger partial charge in [-0.05, 0) is 43.6 Å². The fourth-order valence-corrected chi connectivity index (χ4v) is 3.34. The van der Waals surface area contributed by atoms with Gasteiger partial charge in [0.05, 0.1) is 12.5 Å². The van der Waals surface area contributed by atoms with E-state index in [9.17, 15) is 9.90 Å². The third kappa shape index (κ3) is 4.22. The van der Waals surface area contributed by atoms with Crippen LogP contribution in [-0.4, -0.2) is 54.0 Å². The van der Waals surface area contributed by atoms with E-state index < -0.39 is 6.10 Å². The van der Waals surface area contributed by atoms with Crippen molar-refractivity contribution in [2.75, 3.05) is 27.2 Å². The maximum atomic E-state index is 12.4. The number of hydrogen-bond acceptors (Lipinski definition) is 3. The summed E-state index contributed by atoms with van der Waals surface area (Å²) in [4.78, 5) is 16.6. The minimum Gasteiger partial charge on any atom is -0.388 e. The number of nitrogens with zero attached hydrogens (tertiary/aromatic N) is 2. The zero-order valence-corrected chi connectivity index (χ0v) is 14.3. The van der Waals surface area contributed by atoms with Gasteiger partial charge in [0.15, 0.2) is 0 Å². The number of aliphatic hydroxyl groups excluding tert-OH is 1. The van der Waals surface area contributed by atoms with Crippen LogP contribution in [0.5, 0.6) is 0 Å². The molecule has 1 N–H and O–H groups in total. The Labute approximate surface area is 137 Å². The molecular weight excluding hydrogens is 300 g/mol. The van der Waals surface area contributed by atoms with Gasteiger partial charge in [0.25, 0.3) is 0 Å². The first kappa shape index (κ1) is 17.3. The van der Waals surface area contributed by atoms with E-state index in [4.69, 9.17) is 11.6 Å². The summed E-state index contributed by atoms with van der Waals surface area (Å²) in [5.74, 6) is 0.434. The Hall–Kier alpha value is -1.10. The lowest BCUT2D eigenvalue weighted by Crippen LogP contribution is -2.49. The minimum absolute atomic E-state index is 0.0103. The molecule has 1 saturated heterocycles. The SMILES string of the molecule is CC1CN(C)CCC1N(C)C(=O)CC(O)c1ccc(Cl)cc1. The Bertz CT molecular complexity index is 506. The molecule has 4 nitrogen and oxygen atoms in total. The highest BCUT2D eigenvalue weighted by Gasteiger charge is 2.30. The average molecular weight is 325 g/mol. The van der Waals surface area contributed by atoms with Crippen molar-refractivity contribution in [1.82, 2.24) is 9.80 Å². The van der Waals surface area contributed by atoms with E-state index in [-0.39, 0.29) is 18.4 Å². The van der Waals surface area contributed by atoms with Crippen molar-refractivity contribution in [2.24, 2.45) is 5.92 Å². The zero-order valence-electron chi connectivity index (χ0n) is 13.5. The highest BCUT2D eigenvalue weighted by atomic mass is 35.5. The van der Waals surface area contributed by atoms with Gasteiger partial charge in [0, 0.05) is 24.7 Å². The molecule has 1 aromatic rings. The first-order chi connectivity index (χ1) is 10.4. The largest absolute Gasteiger partial charge is 0.388 e. The summed E-state index contributed by atoms with van der Waals surface area (Å²) in [5, 5.41) is 10.9. The first-order valence-electron chi connectivity index (χ1n) is 7.76. The molecule has 2 rings (SSSR count). The van der Waals surface area contributed by atoms with Gasteiger partial charge in [-0.25, -0.2) is 0 Å². The number of amides is 1. The summed E-state index contributed by atoms with van der Waals surface area (Å²) in [7, 11) is 3.96. The van der Waals surface area contributed by atoms with Crippen LogP contribution in [0.2, 0.25) is 5.02 Å². The van der Waals surface area contributed by atoms with Gasteiger partial charge in [0.2, 0.25) is 5.91 Å². The number of hydrogen-bond donors (Lipinski definition) is 1. The third-order valence-corrected chi connectivity index (χ3v) is 4.83. The fourth-order valence-electron chi connectivity index (χ4n) is 3.21. The van der Waals surface area contributed by atoms with Crippen LogP contribution in [0.25, 0.3) is 0 Å². The fraction of sp³-hybridized carbons (Fsp3) is 0.588. The van der Waals surface area contributed by atoms with Crippen LogP contribution < -0.4 is 0 Å². The Morgan fingerprint density at radius 1 is 1.45 bits per heavy atom. The average Bonchev–Trinajstić information content (AvgIpc) is 2.47. The molecule has 122 valence electrons. The number of rotatable bonds is 4. The van der Waals surface area contributed by atoms with E-state index in [1.165, 1.54) is 0 Å². The van der Waals surface area contributed by atoms with E-state index in [2.05, 4.69) is 18.9 Å². The predicted molar refractivity (Wildman–Crippen MR) is 88.9 cm³/mol. The minimum atomic E-state index is -0.784. The molecule has 0 aromatic heterocycles. The third-order valence-electron chi connectivity index (χ3n) is 4.58. The molecule has 1 aliphatic rings. The molecular formula is C17H25ClN2O2.